The number of carbonyl (C=O) groups is 2. The van der Waals surface area contributed by atoms with Gasteiger partial charge in [-0.3, -0.25) is 14.6 Å². The molecule has 2 N–H and O–H groups in total. The Bertz CT molecular complexity index is 1890. The number of fused-ring (bicyclic) bond motifs is 1. The Kier molecular flexibility index (Phi) is 7.41. The highest BCUT2D eigenvalue weighted by Crippen LogP contribution is 2.44. The van der Waals surface area contributed by atoms with Gasteiger partial charge in [0.1, 0.15) is 0 Å². The Hall–Kier alpha value is -5.39. The van der Waals surface area contributed by atoms with Gasteiger partial charge in [0.2, 0.25) is 5.82 Å². The van der Waals surface area contributed by atoms with Crippen molar-refractivity contribution in [3.8, 4) is 11.3 Å². The molecule has 3 aromatic heterocycles. The van der Waals surface area contributed by atoms with Crippen LogP contribution in [0.1, 0.15) is 61.4 Å². The third-order valence-corrected chi connectivity index (χ3v) is 7.50. The quantitative estimate of drug-likeness (QED) is 0.234. The maximum Gasteiger partial charge on any atom is 0.416 e. The summed E-state index contributed by atoms with van der Waals surface area (Å²) in [6.07, 6.45) is 4.18. The first-order chi connectivity index (χ1) is 21.1. The van der Waals surface area contributed by atoms with E-state index in [2.05, 4.69) is 30.6 Å². The van der Waals surface area contributed by atoms with Crippen LogP contribution in [0.2, 0.25) is 0 Å². The minimum absolute atomic E-state index is 0.0674. The normalized spacial score (nSPS) is 14.2. The van der Waals surface area contributed by atoms with E-state index in [9.17, 15) is 22.8 Å². The summed E-state index contributed by atoms with van der Waals surface area (Å²) in [4.78, 5) is 42.9. The van der Waals surface area contributed by atoms with E-state index in [0.29, 0.717) is 46.7 Å². The summed E-state index contributed by atoms with van der Waals surface area (Å²) in [7, 11) is 0. The van der Waals surface area contributed by atoms with Crippen LogP contribution in [-0.2, 0) is 12.6 Å². The van der Waals surface area contributed by atoms with Crippen molar-refractivity contribution >= 4 is 23.2 Å². The molecule has 3 heterocycles. The molecule has 1 aliphatic carbocycles. The molecule has 6 rings (SSSR count). The number of halogens is 3. The van der Waals surface area contributed by atoms with E-state index in [1.807, 2.05) is 6.07 Å². The topological polar surface area (TPSA) is 115 Å². The van der Waals surface area contributed by atoms with Gasteiger partial charge in [0.05, 0.1) is 29.3 Å². The number of anilines is 2. The number of nitrogens with one attached hydrogen (secondary N) is 2. The van der Waals surface area contributed by atoms with Crippen molar-refractivity contribution in [2.75, 3.05) is 10.6 Å². The number of benzene rings is 2. The molecule has 0 spiro atoms. The molecule has 0 radical (unpaired) electrons. The van der Waals surface area contributed by atoms with Gasteiger partial charge in [-0.15, -0.1) is 0 Å². The first-order valence-corrected chi connectivity index (χ1v) is 13.8. The van der Waals surface area contributed by atoms with Gasteiger partial charge in [-0.2, -0.15) is 13.2 Å². The molecule has 1 aliphatic rings. The predicted octanol–water partition coefficient (Wildman–Crippen LogP) is 6.41. The number of imidazole rings is 1. The van der Waals surface area contributed by atoms with E-state index < -0.39 is 29.6 Å². The Labute approximate surface area is 250 Å². The molecule has 0 fully saturated rings. The van der Waals surface area contributed by atoms with Gasteiger partial charge in [-0.1, -0.05) is 6.07 Å². The summed E-state index contributed by atoms with van der Waals surface area (Å²) in [5.41, 5.74) is 3.03. The summed E-state index contributed by atoms with van der Waals surface area (Å²) in [5.74, 6) is -1.34. The van der Waals surface area contributed by atoms with Crippen LogP contribution in [-0.4, -0.2) is 36.3 Å². The van der Waals surface area contributed by atoms with Gasteiger partial charge < -0.3 is 15.2 Å². The molecule has 5 aromatic rings. The summed E-state index contributed by atoms with van der Waals surface area (Å²) >= 11 is 0. The van der Waals surface area contributed by atoms with Crippen LogP contribution in [0.3, 0.4) is 0 Å². The van der Waals surface area contributed by atoms with E-state index in [-0.39, 0.29) is 17.0 Å². The standard InChI is InChI=1S/C32H26F3N7O2/c1-18-5-7-23(14-26(18)41-31(44)29-37-11-9-25(40-29)21-4-3-10-36-15-21)39-30(43)22-12-20-6-8-27(42-16-19(2)38-17-42)28(20)24(13-22)32(33,34)35/h3-5,7,9-17,27H,6,8H2,1-2H3,(H,39,43)(H,41,44). The first-order valence-electron chi connectivity index (χ1n) is 13.8. The lowest BCUT2D eigenvalue weighted by Gasteiger charge is -2.20. The molecule has 1 atom stereocenters. The molecule has 222 valence electrons. The minimum atomic E-state index is -4.66. The third-order valence-electron chi connectivity index (χ3n) is 7.50. The Morgan fingerprint density at radius 3 is 2.55 bits per heavy atom. The van der Waals surface area contributed by atoms with Crippen LogP contribution in [0, 0.1) is 13.8 Å². The first kappa shape index (κ1) is 28.7. The highest BCUT2D eigenvalue weighted by atomic mass is 19.4. The van der Waals surface area contributed by atoms with E-state index in [4.69, 9.17) is 0 Å². The number of aryl methyl sites for hydroxylation is 3. The van der Waals surface area contributed by atoms with Crippen molar-refractivity contribution in [1.29, 1.82) is 0 Å². The molecule has 0 aliphatic heterocycles. The zero-order valence-corrected chi connectivity index (χ0v) is 23.7. The fourth-order valence-corrected chi connectivity index (χ4v) is 5.38. The third kappa shape index (κ3) is 5.78. The Morgan fingerprint density at radius 2 is 1.82 bits per heavy atom. The molecule has 0 bridgehead atoms. The van der Waals surface area contributed by atoms with Crippen molar-refractivity contribution in [3.05, 3.63) is 119 Å². The van der Waals surface area contributed by atoms with Crippen LogP contribution in [0.25, 0.3) is 11.3 Å². The number of hydrogen-bond donors (Lipinski definition) is 2. The summed E-state index contributed by atoms with van der Waals surface area (Å²) in [6.45, 7) is 3.55. The lowest BCUT2D eigenvalue weighted by atomic mass is 9.96. The van der Waals surface area contributed by atoms with Crippen LogP contribution in [0.15, 0.2) is 79.6 Å². The van der Waals surface area contributed by atoms with E-state index in [1.165, 1.54) is 24.7 Å². The largest absolute Gasteiger partial charge is 0.416 e. The number of nitrogens with zero attached hydrogens (tertiary/aromatic N) is 5. The van der Waals surface area contributed by atoms with E-state index in [1.54, 1.807) is 61.3 Å². The summed E-state index contributed by atoms with van der Waals surface area (Å²) < 4.78 is 44.5. The Morgan fingerprint density at radius 1 is 0.977 bits per heavy atom. The molecule has 0 saturated heterocycles. The number of aromatic nitrogens is 5. The monoisotopic (exact) mass is 597 g/mol. The second kappa shape index (κ2) is 11.4. The average molecular weight is 598 g/mol. The van der Waals surface area contributed by atoms with Crippen LogP contribution >= 0.6 is 0 Å². The summed E-state index contributed by atoms with van der Waals surface area (Å²) in [5, 5.41) is 5.43. The lowest BCUT2D eigenvalue weighted by molar-refractivity contribution is -0.138. The number of rotatable bonds is 6. The number of carbonyl (C=O) groups excluding carboxylic acids is 2. The number of alkyl halides is 3. The summed E-state index contributed by atoms with van der Waals surface area (Å²) in [6, 6.07) is 12.0. The van der Waals surface area contributed by atoms with Crippen LogP contribution in [0.5, 0.6) is 0 Å². The van der Waals surface area contributed by atoms with Crippen molar-refractivity contribution in [3.63, 3.8) is 0 Å². The molecule has 44 heavy (non-hydrogen) atoms. The van der Waals surface area contributed by atoms with Crippen molar-refractivity contribution in [2.24, 2.45) is 0 Å². The zero-order chi connectivity index (χ0) is 31.0. The smallest absolute Gasteiger partial charge is 0.330 e. The molecule has 12 heteroatoms. The SMILES string of the molecule is Cc1cn(C2CCc3cc(C(=O)Nc4ccc(C)c(NC(=O)c5nccc(-c6cccnc6)n5)c4)cc(C(F)(F)F)c32)cn1. The van der Waals surface area contributed by atoms with Crippen LogP contribution < -0.4 is 10.6 Å². The second-order valence-electron chi connectivity index (χ2n) is 10.6. The van der Waals surface area contributed by atoms with Gasteiger partial charge in [0.15, 0.2) is 0 Å². The van der Waals surface area contributed by atoms with Crippen molar-refractivity contribution in [1.82, 2.24) is 24.5 Å². The maximum absolute atomic E-state index is 14.3. The van der Waals surface area contributed by atoms with Gasteiger partial charge in [0.25, 0.3) is 11.8 Å². The molecule has 0 saturated carbocycles. The highest BCUT2D eigenvalue weighted by molar-refractivity contribution is 6.06. The van der Waals surface area contributed by atoms with E-state index in [0.717, 1.165) is 11.6 Å². The number of amides is 2. The van der Waals surface area contributed by atoms with Gasteiger partial charge in [-0.05, 0) is 85.8 Å². The molecule has 1 unspecified atom stereocenters. The minimum Gasteiger partial charge on any atom is -0.330 e. The fourth-order valence-electron chi connectivity index (χ4n) is 5.38. The lowest BCUT2D eigenvalue weighted by Crippen LogP contribution is -2.19. The number of pyridine rings is 1. The highest BCUT2D eigenvalue weighted by Gasteiger charge is 2.40. The van der Waals surface area contributed by atoms with Gasteiger partial charge >= 0.3 is 6.18 Å². The fraction of sp³-hybridized carbons (Fsp3) is 0.188. The number of hydrogen-bond acceptors (Lipinski definition) is 6. The molecule has 2 aromatic carbocycles. The second-order valence-corrected chi connectivity index (χ2v) is 10.6. The van der Waals surface area contributed by atoms with Gasteiger partial charge in [-0.25, -0.2) is 15.0 Å². The maximum atomic E-state index is 14.3. The molecule has 2 amide bonds. The van der Waals surface area contributed by atoms with Crippen LogP contribution in [0.4, 0.5) is 24.5 Å². The molecule has 9 nitrogen and oxygen atoms in total. The Balaban J connectivity index is 1.23. The van der Waals surface area contributed by atoms with Crippen molar-refractivity contribution < 1.29 is 22.8 Å². The average Bonchev–Trinajstić information content (AvgIpc) is 3.64. The van der Waals surface area contributed by atoms with E-state index >= 15 is 0 Å². The van der Waals surface area contributed by atoms with Gasteiger partial charge in [0, 0.05) is 47.3 Å². The zero-order valence-electron chi connectivity index (χ0n) is 23.7. The molecular weight excluding hydrogens is 571 g/mol. The van der Waals surface area contributed by atoms with Crippen molar-refractivity contribution in [2.45, 2.75) is 38.9 Å². The molecular formula is C32H26F3N7O2. The predicted molar refractivity (Wildman–Crippen MR) is 157 cm³/mol.